The first-order valence-corrected chi connectivity index (χ1v) is 6.80. The van der Waals surface area contributed by atoms with Crippen molar-refractivity contribution in [2.45, 2.75) is 13.0 Å². The van der Waals surface area contributed by atoms with Crippen LogP contribution in [0.4, 0.5) is 5.69 Å². The lowest BCUT2D eigenvalue weighted by atomic mass is 10.0. The molecular weight excluding hydrogens is 268 g/mol. The smallest absolute Gasteiger partial charge is 0.225 e. The number of ketones is 1. The van der Waals surface area contributed by atoms with Gasteiger partial charge in [0.1, 0.15) is 5.75 Å². The predicted molar refractivity (Wildman–Crippen MR) is 78.5 cm³/mol. The summed E-state index contributed by atoms with van der Waals surface area (Å²) in [5.41, 5.74) is 1.39. The van der Waals surface area contributed by atoms with Gasteiger partial charge < -0.3 is 14.6 Å². The lowest BCUT2D eigenvalue weighted by molar-refractivity contribution is -0.116. The quantitative estimate of drug-likeness (QED) is 0.937. The summed E-state index contributed by atoms with van der Waals surface area (Å²) < 4.78 is 6.96. The van der Waals surface area contributed by atoms with Crippen molar-refractivity contribution in [1.29, 1.82) is 0 Å². The van der Waals surface area contributed by atoms with E-state index in [-0.39, 0.29) is 24.0 Å². The van der Waals surface area contributed by atoms with Crippen molar-refractivity contribution >= 4 is 17.4 Å². The van der Waals surface area contributed by atoms with Gasteiger partial charge in [-0.15, -0.1) is 0 Å². The van der Waals surface area contributed by atoms with Crippen molar-refractivity contribution in [2.75, 3.05) is 12.4 Å². The molecular formula is C16H16N2O3. The van der Waals surface area contributed by atoms with Crippen LogP contribution in [0.1, 0.15) is 16.9 Å². The van der Waals surface area contributed by atoms with Gasteiger partial charge in [-0.05, 0) is 36.4 Å². The van der Waals surface area contributed by atoms with Crippen LogP contribution in [0.2, 0.25) is 0 Å². The summed E-state index contributed by atoms with van der Waals surface area (Å²) in [4.78, 5) is 24.1. The summed E-state index contributed by atoms with van der Waals surface area (Å²) in [6.07, 6.45) is 2.07. The number of fused-ring (bicyclic) bond motifs is 1. The molecule has 0 bridgehead atoms. The van der Waals surface area contributed by atoms with Gasteiger partial charge in [0.25, 0.3) is 0 Å². The number of ether oxygens (including phenoxy) is 1. The Labute approximate surface area is 122 Å². The Bertz CT molecular complexity index is 673. The Morgan fingerprint density at radius 2 is 2.10 bits per heavy atom. The number of amides is 1. The van der Waals surface area contributed by atoms with Crippen molar-refractivity contribution in [3.63, 3.8) is 0 Å². The van der Waals surface area contributed by atoms with E-state index in [1.807, 2.05) is 16.8 Å². The van der Waals surface area contributed by atoms with Crippen LogP contribution >= 0.6 is 0 Å². The SMILES string of the molecule is COc1ccc(NC(=O)CC2Cn3cccc3C2=O)cc1. The maximum atomic E-state index is 12.1. The van der Waals surface area contributed by atoms with E-state index in [9.17, 15) is 9.59 Å². The molecule has 5 heteroatoms. The molecule has 21 heavy (non-hydrogen) atoms. The first kappa shape index (κ1) is 13.4. The highest BCUT2D eigenvalue weighted by Crippen LogP contribution is 2.24. The van der Waals surface area contributed by atoms with Crippen LogP contribution in [0, 0.1) is 5.92 Å². The van der Waals surface area contributed by atoms with Gasteiger partial charge in [-0.3, -0.25) is 9.59 Å². The average Bonchev–Trinajstić information content (AvgIpc) is 3.04. The summed E-state index contributed by atoms with van der Waals surface area (Å²) in [5.74, 6) is 0.368. The van der Waals surface area contributed by atoms with Crippen LogP contribution < -0.4 is 10.1 Å². The second kappa shape index (κ2) is 5.44. The van der Waals surface area contributed by atoms with Crippen molar-refractivity contribution < 1.29 is 14.3 Å². The Morgan fingerprint density at radius 3 is 2.76 bits per heavy atom. The highest BCUT2D eigenvalue weighted by molar-refractivity contribution is 6.02. The Hall–Kier alpha value is -2.56. The van der Waals surface area contributed by atoms with Crippen LogP contribution in [-0.2, 0) is 11.3 Å². The number of anilines is 1. The molecule has 3 rings (SSSR count). The van der Waals surface area contributed by atoms with Gasteiger partial charge >= 0.3 is 0 Å². The first-order chi connectivity index (χ1) is 10.2. The number of benzene rings is 1. The van der Waals surface area contributed by atoms with Gasteiger partial charge in [-0.25, -0.2) is 0 Å². The van der Waals surface area contributed by atoms with Crippen molar-refractivity contribution in [3.8, 4) is 5.75 Å². The fraction of sp³-hybridized carbons (Fsp3) is 0.250. The second-order valence-electron chi connectivity index (χ2n) is 5.09. The third-order valence-electron chi connectivity index (χ3n) is 3.68. The third-order valence-corrected chi connectivity index (χ3v) is 3.68. The largest absolute Gasteiger partial charge is 0.497 e. The van der Waals surface area contributed by atoms with Gasteiger partial charge in [0.15, 0.2) is 5.78 Å². The molecule has 1 aromatic heterocycles. The standard InChI is InChI=1S/C16H16N2O3/c1-21-13-6-4-12(5-7-13)17-15(19)9-11-10-18-8-2-3-14(18)16(11)20/h2-8,11H,9-10H2,1H3,(H,17,19). The molecule has 1 aliphatic rings. The molecule has 1 N–H and O–H groups in total. The molecule has 0 saturated carbocycles. The monoisotopic (exact) mass is 284 g/mol. The zero-order valence-electron chi connectivity index (χ0n) is 11.7. The Morgan fingerprint density at radius 1 is 1.33 bits per heavy atom. The number of aromatic nitrogens is 1. The van der Waals surface area contributed by atoms with Gasteiger partial charge in [0, 0.05) is 24.8 Å². The Kier molecular flexibility index (Phi) is 3.48. The number of Topliss-reactive ketones (excluding diaryl/α,β-unsaturated/α-hetero) is 1. The van der Waals surface area contributed by atoms with Gasteiger partial charge in [0.2, 0.25) is 5.91 Å². The molecule has 0 radical (unpaired) electrons. The number of nitrogens with zero attached hydrogens (tertiary/aromatic N) is 1. The first-order valence-electron chi connectivity index (χ1n) is 6.80. The predicted octanol–water partition coefficient (Wildman–Crippen LogP) is 2.34. The molecule has 5 nitrogen and oxygen atoms in total. The highest BCUT2D eigenvalue weighted by atomic mass is 16.5. The number of carbonyl (C=O) groups excluding carboxylic acids is 2. The van der Waals surface area contributed by atoms with Crippen LogP contribution in [0.5, 0.6) is 5.75 Å². The normalized spacial score (nSPS) is 16.6. The van der Waals surface area contributed by atoms with Gasteiger partial charge in [-0.2, -0.15) is 0 Å². The molecule has 0 fully saturated rings. The van der Waals surface area contributed by atoms with E-state index in [2.05, 4.69) is 5.32 Å². The third kappa shape index (κ3) is 2.67. The van der Waals surface area contributed by atoms with Gasteiger partial charge in [0.05, 0.1) is 18.7 Å². The minimum absolute atomic E-state index is 0.0462. The topological polar surface area (TPSA) is 60.3 Å². The molecule has 1 aromatic carbocycles. The van der Waals surface area contributed by atoms with E-state index in [1.54, 1.807) is 37.4 Å². The minimum atomic E-state index is -0.264. The van der Waals surface area contributed by atoms with Crippen molar-refractivity contribution in [2.24, 2.45) is 5.92 Å². The van der Waals surface area contributed by atoms with E-state index >= 15 is 0 Å². The number of rotatable bonds is 4. The van der Waals surface area contributed by atoms with Crippen LogP contribution in [0.3, 0.4) is 0 Å². The molecule has 1 amide bonds. The lowest BCUT2D eigenvalue weighted by Gasteiger charge is -2.09. The number of nitrogens with one attached hydrogen (secondary N) is 1. The van der Waals surface area contributed by atoms with Crippen molar-refractivity contribution in [3.05, 3.63) is 48.3 Å². The van der Waals surface area contributed by atoms with E-state index < -0.39 is 0 Å². The molecule has 1 atom stereocenters. The zero-order chi connectivity index (χ0) is 14.8. The molecule has 0 saturated heterocycles. The fourth-order valence-corrected chi connectivity index (χ4v) is 2.59. The molecule has 0 spiro atoms. The Balaban J connectivity index is 1.59. The maximum Gasteiger partial charge on any atom is 0.225 e. The van der Waals surface area contributed by atoms with Crippen molar-refractivity contribution in [1.82, 2.24) is 4.57 Å². The summed E-state index contributed by atoms with van der Waals surface area (Å²) >= 11 is 0. The van der Waals surface area contributed by atoms with E-state index in [1.165, 1.54) is 0 Å². The van der Waals surface area contributed by atoms with Gasteiger partial charge in [-0.1, -0.05) is 0 Å². The summed E-state index contributed by atoms with van der Waals surface area (Å²) in [6.45, 7) is 0.581. The number of methoxy groups -OCH3 is 1. The van der Waals surface area contributed by atoms with E-state index in [4.69, 9.17) is 4.74 Å². The minimum Gasteiger partial charge on any atom is -0.497 e. The molecule has 1 aliphatic heterocycles. The van der Waals surface area contributed by atoms with Crippen LogP contribution in [0.15, 0.2) is 42.6 Å². The number of carbonyl (C=O) groups is 2. The summed E-state index contributed by atoms with van der Waals surface area (Å²) in [5, 5.41) is 2.80. The molecule has 2 aromatic rings. The average molecular weight is 284 g/mol. The lowest BCUT2D eigenvalue weighted by Crippen LogP contribution is -2.20. The highest BCUT2D eigenvalue weighted by Gasteiger charge is 2.31. The van der Waals surface area contributed by atoms with Crippen LogP contribution in [0.25, 0.3) is 0 Å². The fourth-order valence-electron chi connectivity index (χ4n) is 2.59. The molecule has 108 valence electrons. The molecule has 0 aliphatic carbocycles. The molecule has 1 unspecified atom stereocenters. The van der Waals surface area contributed by atoms with E-state index in [0.29, 0.717) is 17.9 Å². The number of hydrogen-bond donors (Lipinski definition) is 1. The molecule has 2 heterocycles. The number of hydrogen-bond acceptors (Lipinski definition) is 3. The zero-order valence-corrected chi connectivity index (χ0v) is 11.7. The maximum absolute atomic E-state index is 12.1. The summed E-state index contributed by atoms with van der Waals surface area (Å²) in [7, 11) is 1.59. The van der Waals surface area contributed by atoms with E-state index in [0.717, 1.165) is 5.75 Å². The summed E-state index contributed by atoms with van der Waals surface area (Å²) in [6, 6.07) is 10.8. The second-order valence-corrected chi connectivity index (χ2v) is 5.09. The van der Waals surface area contributed by atoms with Crippen LogP contribution in [-0.4, -0.2) is 23.4 Å².